The first kappa shape index (κ1) is 83.3. The molecular weight excluding hydrogens is 1500 g/mol. The fraction of sp³-hybridized carbons (Fsp3) is 0.777. The Kier molecular flexibility index (Phi) is 19.3. The molecule has 16 heteroatoms. The number of rotatable bonds is 3. The number of hydrogen-bond acceptors (Lipinski definition) is 12. The van der Waals surface area contributed by atoms with Crippen molar-refractivity contribution < 1.29 is 70.5 Å². The number of Topliss-reactive ketones (excluding diaryl/α,β-unsaturated/α-hetero) is 2. The molecule has 110 heavy (non-hydrogen) atoms. The maximum Gasteiger partial charge on any atom is 0.419 e. The summed E-state index contributed by atoms with van der Waals surface area (Å²) >= 11 is 2.21. The van der Waals surface area contributed by atoms with E-state index in [1.807, 2.05) is 19.1 Å². The van der Waals surface area contributed by atoms with Gasteiger partial charge in [0.2, 0.25) is 0 Å². The summed E-state index contributed by atoms with van der Waals surface area (Å²) in [6.45, 7) is 45.2. The number of alkyl halides is 3. The molecule has 606 valence electrons. The normalized spacial score (nSPS) is 46.3. The Balaban J connectivity index is 0.000000145. The molecule has 15 rings (SSSR count). The van der Waals surface area contributed by atoms with E-state index in [9.17, 15) is 56.3 Å². The highest BCUT2D eigenvalue weighted by Gasteiger charge is 2.76. The van der Waals surface area contributed by atoms with E-state index in [4.69, 9.17) is 14.2 Å². The highest BCUT2D eigenvalue weighted by molar-refractivity contribution is 14.1. The predicted molar refractivity (Wildman–Crippen MR) is 427 cm³/mol. The molecule has 0 amide bonds. The summed E-state index contributed by atoms with van der Waals surface area (Å²) in [6.07, 6.45) is 25.4. The molecule has 9 saturated carbocycles. The molecule has 0 spiro atoms. The van der Waals surface area contributed by atoms with E-state index in [1.165, 1.54) is 32.5 Å². The number of ether oxygens (including phenoxy) is 3. The van der Waals surface area contributed by atoms with Gasteiger partial charge >= 0.3 is 24.1 Å². The number of ketones is 6. The van der Waals surface area contributed by atoms with E-state index in [2.05, 4.69) is 159 Å². The van der Waals surface area contributed by atoms with Gasteiger partial charge in [0.25, 0.3) is 0 Å². The van der Waals surface area contributed by atoms with Crippen LogP contribution in [0.25, 0.3) is 0 Å². The summed E-state index contributed by atoms with van der Waals surface area (Å²) in [4.78, 5) is 122. The van der Waals surface area contributed by atoms with Gasteiger partial charge in [0.1, 0.15) is 0 Å². The molecule has 0 radical (unpaired) electrons. The lowest BCUT2D eigenvalue weighted by Gasteiger charge is -2.68. The van der Waals surface area contributed by atoms with Crippen LogP contribution in [-0.4, -0.2) is 80.1 Å². The largest absolute Gasteiger partial charge is 0.469 e. The fourth-order valence-electron chi connectivity index (χ4n) is 30.3. The number of carbonyl (C=O) groups excluding carboxylic acids is 9. The van der Waals surface area contributed by atoms with Gasteiger partial charge in [0.05, 0.1) is 46.7 Å². The topological polar surface area (TPSA) is 181 Å². The van der Waals surface area contributed by atoms with Crippen LogP contribution in [0.15, 0.2) is 68.4 Å². The molecule has 0 aliphatic heterocycles. The van der Waals surface area contributed by atoms with E-state index in [-0.39, 0.29) is 143 Å². The molecular formula is C94H130F3IO12. The number of esters is 3. The van der Waals surface area contributed by atoms with Crippen molar-refractivity contribution in [3.63, 3.8) is 0 Å². The smallest absolute Gasteiger partial charge is 0.419 e. The molecule has 0 aromatic heterocycles. The zero-order chi connectivity index (χ0) is 81.7. The molecule has 9 fully saturated rings. The Morgan fingerprint density at radius 2 is 0.682 bits per heavy atom. The molecule has 0 bridgehead atoms. The second kappa shape index (κ2) is 25.5. The van der Waals surface area contributed by atoms with Gasteiger partial charge in [-0.15, -0.1) is 0 Å². The molecule has 21 atom stereocenters. The SMILES string of the molecule is COC(=O)[C@]12CCC(C)(C)C[C@H]1[C@H]1C(=O)C=C3[C@@]4(C)C=C(C(F)(F)F)C(=O)C(C)(C)[C@@H]4CC[C@@]3(C)[C@]1(C)CC2.COC(=O)[C@]12CCC(C)(C)C[C@H]1[C@H]1C(=O)C=C3[C@@]4(C)C=C(I)C(=O)C(C)(C)[C@@H]4CC[C@@]3(C)[C@]1(C)CC2.COC(=O)[C@]12CCC(C)(C)C[C@H]1[C@H]1C(=O)C=C3[C@@]4(C)C=CC(=O)C(C)(C)[C@@H]4CC[C@@]3(C)[C@]1(C)CC2. The maximum absolute atomic E-state index is 14.4. The highest BCUT2D eigenvalue weighted by Crippen LogP contribution is 2.80. The summed E-state index contributed by atoms with van der Waals surface area (Å²) < 4.78 is 59.6. The Hall–Kier alpha value is -4.61. The van der Waals surface area contributed by atoms with Crippen LogP contribution < -0.4 is 0 Å². The number of fused-ring (bicyclic) bond motifs is 21. The Labute approximate surface area is 668 Å². The van der Waals surface area contributed by atoms with Crippen LogP contribution >= 0.6 is 22.6 Å². The van der Waals surface area contributed by atoms with E-state index in [1.54, 1.807) is 26.0 Å². The molecule has 0 saturated heterocycles. The van der Waals surface area contributed by atoms with Gasteiger partial charge in [0, 0.05) is 50.2 Å². The first-order valence-electron chi connectivity index (χ1n) is 41.9. The molecule has 0 aromatic rings. The lowest BCUT2D eigenvalue weighted by molar-refractivity contribution is -0.192. The van der Waals surface area contributed by atoms with Crippen molar-refractivity contribution >= 4 is 75.2 Å². The standard InChI is InChI=1S/C32H43F3O4.C31H43IO4.C31H44O4/c1-26(2)11-13-31(25(38)39-8)14-12-30(7)23(18(31)16-26)20(36)15-22-28(5)17-19(32(33,34)35)24(37)27(3,4)21(28)9-10-29(22,30)6;1-26(2)11-13-31(25(35)36-8)14-12-30(7)23(18(31)16-26)20(33)15-22-28(5)17-19(32)24(34)27(3,4)21(28)9-10-29(22,30)6;1-26(2)13-15-31(25(34)35-8)16-14-30(7)24(19(31)18-26)20(32)17-22-28(5)11-10-23(33)27(3,4)21(28)9-12-29(22,30)6/h15,17-18,21,23H,9-14,16H2,1-8H3;15,17-18,21,23H,9-14,16H2,1-8H3;10-11,17,19,21,24H,9,12-16,18H2,1-8H3/t2*18-,21-,23-,28-,29+,30+,31-;19-,21-,24-,28-,29+,30+,31-/m000/s1. The van der Waals surface area contributed by atoms with Gasteiger partial charge in [-0.1, -0.05) is 180 Å². The minimum absolute atomic E-state index is 0.000146. The Bertz CT molecular complexity index is 4230. The zero-order valence-electron chi connectivity index (χ0n) is 71.0. The van der Waals surface area contributed by atoms with Crippen LogP contribution in [0.2, 0.25) is 0 Å². The third-order valence-corrected chi connectivity index (χ3v) is 38.0. The number of methoxy groups -OCH3 is 3. The van der Waals surface area contributed by atoms with Crippen LogP contribution in [0.3, 0.4) is 0 Å². The molecule has 0 aromatic carbocycles. The van der Waals surface area contributed by atoms with Gasteiger partial charge in [-0.2, -0.15) is 13.2 Å². The molecule has 0 unspecified atom stereocenters. The Morgan fingerprint density at radius 3 is 1.00 bits per heavy atom. The second-order valence-corrected chi connectivity index (χ2v) is 45.8. The molecule has 0 N–H and O–H groups in total. The van der Waals surface area contributed by atoms with Crippen molar-refractivity contribution in [1.82, 2.24) is 0 Å². The maximum atomic E-state index is 14.4. The number of halogens is 4. The van der Waals surface area contributed by atoms with Crippen LogP contribution in [0.1, 0.15) is 280 Å². The van der Waals surface area contributed by atoms with Crippen LogP contribution in [0, 0.1) is 151 Å². The van der Waals surface area contributed by atoms with E-state index >= 15 is 0 Å². The van der Waals surface area contributed by atoms with Crippen LogP contribution in [0.5, 0.6) is 0 Å². The van der Waals surface area contributed by atoms with Gasteiger partial charge in [-0.05, 0) is 266 Å². The monoisotopic (exact) mass is 1630 g/mol. The van der Waals surface area contributed by atoms with Crippen molar-refractivity contribution in [3.05, 3.63) is 68.4 Å². The lowest BCUT2D eigenvalue weighted by atomic mass is 9.34. The third kappa shape index (κ3) is 11.0. The summed E-state index contributed by atoms with van der Waals surface area (Å²) in [5.41, 5.74) is -5.24. The number of allylic oxidation sites excluding steroid dienone is 12. The molecule has 15 aliphatic rings. The second-order valence-electron chi connectivity index (χ2n) is 44.6. The number of carbonyl (C=O) groups is 9. The summed E-state index contributed by atoms with van der Waals surface area (Å²) in [7, 11) is 4.43. The average molecular weight is 1640 g/mol. The number of hydrogen-bond donors (Lipinski definition) is 0. The molecule has 15 aliphatic carbocycles. The van der Waals surface area contributed by atoms with Gasteiger partial charge < -0.3 is 14.2 Å². The van der Waals surface area contributed by atoms with Crippen LogP contribution in [0.4, 0.5) is 13.2 Å². The predicted octanol–water partition coefficient (Wildman–Crippen LogP) is 21.2. The van der Waals surface area contributed by atoms with Crippen molar-refractivity contribution in [2.75, 3.05) is 21.3 Å². The fourth-order valence-corrected chi connectivity index (χ4v) is 31.6. The van der Waals surface area contributed by atoms with Crippen molar-refractivity contribution in [1.29, 1.82) is 0 Å². The van der Waals surface area contributed by atoms with Crippen molar-refractivity contribution in [2.24, 2.45) is 151 Å². The quantitative estimate of drug-likeness (QED) is 0.148. The average Bonchev–Trinajstić information content (AvgIpc) is 0.677. The summed E-state index contributed by atoms with van der Waals surface area (Å²) in [6, 6.07) is 0. The Morgan fingerprint density at radius 1 is 0.391 bits per heavy atom. The van der Waals surface area contributed by atoms with Crippen LogP contribution in [-0.2, 0) is 57.4 Å². The van der Waals surface area contributed by atoms with Gasteiger partial charge in [-0.3, -0.25) is 43.2 Å². The van der Waals surface area contributed by atoms with Gasteiger partial charge in [-0.25, -0.2) is 0 Å². The van der Waals surface area contributed by atoms with Crippen molar-refractivity contribution in [2.45, 2.75) is 286 Å². The highest BCUT2D eigenvalue weighted by atomic mass is 127. The molecule has 12 nitrogen and oxygen atoms in total. The minimum Gasteiger partial charge on any atom is -0.469 e. The minimum atomic E-state index is -4.76. The third-order valence-electron chi connectivity index (χ3n) is 37.2. The van der Waals surface area contributed by atoms with E-state index in [0.29, 0.717) is 32.1 Å². The molecule has 0 heterocycles. The van der Waals surface area contributed by atoms with Crippen molar-refractivity contribution in [3.8, 4) is 0 Å². The first-order chi connectivity index (χ1) is 50.3. The first-order valence-corrected chi connectivity index (χ1v) is 42.9. The van der Waals surface area contributed by atoms with E-state index < -0.39 is 72.2 Å². The summed E-state index contributed by atoms with van der Waals surface area (Å²) in [5, 5.41) is 0. The van der Waals surface area contributed by atoms with Gasteiger partial charge in [0.15, 0.2) is 34.7 Å². The summed E-state index contributed by atoms with van der Waals surface area (Å²) in [5.74, 6) is -1.53. The van der Waals surface area contributed by atoms with E-state index in [0.717, 1.165) is 118 Å². The zero-order valence-corrected chi connectivity index (χ0v) is 73.2. The lowest BCUT2D eigenvalue weighted by Crippen LogP contribution is -2.66.